The van der Waals surface area contributed by atoms with Crippen LogP contribution in [0.15, 0.2) is 23.1 Å². The molecule has 2 aromatic heterocycles. The van der Waals surface area contributed by atoms with Gasteiger partial charge < -0.3 is 11.1 Å². The molecule has 0 radical (unpaired) electrons. The minimum Gasteiger partial charge on any atom is -0.382 e. The number of aryl methyl sites for hydroxylation is 2. The van der Waals surface area contributed by atoms with Crippen molar-refractivity contribution >= 4 is 5.69 Å². The highest BCUT2D eigenvalue weighted by molar-refractivity contribution is 5.38. The van der Waals surface area contributed by atoms with E-state index in [1.54, 1.807) is 10.9 Å². The smallest absolute Gasteiger partial charge is 0.269 e. The zero-order valence-electron chi connectivity index (χ0n) is 11.8. The molecule has 0 aliphatic rings. The third kappa shape index (κ3) is 3.24. The Balaban J connectivity index is 2.17. The van der Waals surface area contributed by atoms with E-state index in [4.69, 9.17) is 5.73 Å². The number of nitrogens with two attached hydrogens (primary N) is 1. The Kier molecular flexibility index (Phi) is 4.52. The lowest BCUT2D eigenvalue weighted by Gasteiger charge is -2.07. The van der Waals surface area contributed by atoms with Gasteiger partial charge in [-0.1, -0.05) is 6.92 Å². The molecule has 0 bridgehead atoms. The average Bonchev–Trinajstić information content (AvgIpc) is 2.80. The van der Waals surface area contributed by atoms with E-state index in [1.807, 2.05) is 13.1 Å². The Bertz CT molecular complexity index is 630. The first-order valence-corrected chi connectivity index (χ1v) is 6.67. The standard InChI is InChI=1S/C13H20N6O/c1-3-10-6-12(18(2)17-10)9-19-13(20)7-11(8-16-19)15-5-4-14/h6-8,15H,3-5,9,14H2,1-2H3. The van der Waals surface area contributed by atoms with E-state index in [0.29, 0.717) is 25.3 Å². The summed E-state index contributed by atoms with van der Waals surface area (Å²) in [5.41, 5.74) is 7.91. The van der Waals surface area contributed by atoms with Crippen molar-refractivity contribution in [3.05, 3.63) is 40.1 Å². The van der Waals surface area contributed by atoms with E-state index < -0.39 is 0 Å². The summed E-state index contributed by atoms with van der Waals surface area (Å²) in [6.07, 6.45) is 2.51. The van der Waals surface area contributed by atoms with Crippen LogP contribution in [0, 0.1) is 0 Å². The molecule has 0 amide bonds. The van der Waals surface area contributed by atoms with Gasteiger partial charge in [0.15, 0.2) is 0 Å². The van der Waals surface area contributed by atoms with Crippen LogP contribution in [0.3, 0.4) is 0 Å². The third-order valence-electron chi connectivity index (χ3n) is 3.04. The molecule has 0 saturated heterocycles. The van der Waals surface area contributed by atoms with E-state index >= 15 is 0 Å². The van der Waals surface area contributed by atoms with Crippen LogP contribution in [0.25, 0.3) is 0 Å². The highest BCUT2D eigenvalue weighted by atomic mass is 16.1. The van der Waals surface area contributed by atoms with Gasteiger partial charge in [-0.3, -0.25) is 9.48 Å². The minimum absolute atomic E-state index is 0.147. The van der Waals surface area contributed by atoms with Gasteiger partial charge in [-0.2, -0.15) is 10.2 Å². The normalized spacial score (nSPS) is 10.8. The topological polar surface area (TPSA) is 90.8 Å². The van der Waals surface area contributed by atoms with Gasteiger partial charge in [0.05, 0.1) is 29.8 Å². The maximum Gasteiger partial charge on any atom is 0.269 e. The predicted octanol–water partition coefficient (Wildman–Crippen LogP) is -0.0419. The second kappa shape index (κ2) is 6.33. The van der Waals surface area contributed by atoms with E-state index in [2.05, 4.69) is 22.4 Å². The summed E-state index contributed by atoms with van der Waals surface area (Å²) in [5, 5.41) is 11.6. The Labute approximate surface area is 117 Å². The van der Waals surface area contributed by atoms with Crippen molar-refractivity contribution < 1.29 is 0 Å². The lowest BCUT2D eigenvalue weighted by Crippen LogP contribution is -2.24. The SMILES string of the molecule is CCc1cc(Cn2ncc(NCCN)cc2=O)n(C)n1. The van der Waals surface area contributed by atoms with Gasteiger partial charge in [0, 0.05) is 26.2 Å². The molecular formula is C13H20N6O. The summed E-state index contributed by atoms with van der Waals surface area (Å²) in [7, 11) is 1.87. The lowest BCUT2D eigenvalue weighted by molar-refractivity contribution is 0.590. The molecule has 7 nitrogen and oxygen atoms in total. The Morgan fingerprint density at radius 2 is 2.20 bits per heavy atom. The molecular weight excluding hydrogens is 256 g/mol. The number of nitrogens with one attached hydrogen (secondary N) is 1. The van der Waals surface area contributed by atoms with Crippen molar-refractivity contribution in [2.75, 3.05) is 18.4 Å². The average molecular weight is 276 g/mol. The summed E-state index contributed by atoms with van der Waals surface area (Å²) in [6, 6.07) is 3.52. The summed E-state index contributed by atoms with van der Waals surface area (Å²) >= 11 is 0. The summed E-state index contributed by atoms with van der Waals surface area (Å²) in [6.45, 7) is 3.60. The minimum atomic E-state index is -0.147. The maximum absolute atomic E-state index is 12.0. The van der Waals surface area contributed by atoms with Crippen molar-refractivity contribution in [3.63, 3.8) is 0 Å². The molecule has 2 aromatic rings. The Morgan fingerprint density at radius 1 is 1.40 bits per heavy atom. The van der Waals surface area contributed by atoms with Gasteiger partial charge in [-0.15, -0.1) is 0 Å². The largest absolute Gasteiger partial charge is 0.382 e. The first-order valence-electron chi connectivity index (χ1n) is 6.67. The van der Waals surface area contributed by atoms with Gasteiger partial charge in [0.2, 0.25) is 0 Å². The maximum atomic E-state index is 12.0. The van der Waals surface area contributed by atoms with Crippen LogP contribution >= 0.6 is 0 Å². The van der Waals surface area contributed by atoms with Gasteiger partial charge >= 0.3 is 0 Å². The quantitative estimate of drug-likeness (QED) is 0.772. The second-order valence-electron chi connectivity index (χ2n) is 4.56. The molecule has 2 rings (SSSR count). The van der Waals surface area contributed by atoms with Crippen molar-refractivity contribution in [2.45, 2.75) is 19.9 Å². The molecule has 3 N–H and O–H groups in total. The van der Waals surface area contributed by atoms with Crippen LogP contribution in [0.5, 0.6) is 0 Å². The van der Waals surface area contributed by atoms with Crippen LogP contribution < -0.4 is 16.6 Å². The number of hydrogen-bond donors (Lipinski definition) is 2. The van der Waals surface area contributed by atoms with Crippen molar-refractivity contribution in [1.29, 1.82) is 0 Å². The monoisotopic (exact) mass is 276 g/mol. The van der Waals surface area contributed by atoms with Crippen molar-refractivity contribution in [3.8, 4) is 0 Å². The third-order valence-corrected chi connectivity index (χ3v) is 3.04. The van der Waals surface area contributed by atoms with Crippen molar-refractivity contribution in [2.24, 2.45) is 12.8 Å². The molecule has 0 aromatic carbocycles. The first-order chi connectivity index (χ1) is 9.63. The van der Waals surface area contributed by atoms with E-state index in [9.17, 15) is 4.79 Å². The zero-order valence-corrected chi connectivity index (χ0v) is 11.8. The molecule has 7 heteroatoms. The number of rotatable bonds is 6. The fourth-order valence-electron chi connectivity index (χ4n) is 1.91. The van der Waals surface area contributed by atoms with E-state index in [0.717, 1.165) is 17.8 Å². The van der Waals surface area contributed by atoms with Crippen LogP contribution in [0.2, 0.25) is 0 Å². The van der Waals surface area contributed by atoms with Crippen LogP contribution in [0.4, 0.5) is 5.69 Å². The van der Waals surface area contributed by atoms with Gasteiger partial charge in [0.25, 0.3) is 5.56 Å². The predicted molar refractivity (Wildman–Crippen MR) is 77.7 cm³/mol. The summed E-state index contributed by atoms with van der Waals surface area (Å²) < 4.78 is 3.21. The fourth-order valence-corrected chi connectivity index (χ4v) is 1.91. The molecule has 0 unspecified atom stereocenters. The second-order valence-corrected chi connectivity index (χ2v) is 4.56. The Hall–Kier alpha value is -2.15. The number of hydrogen-bond acceptors (Lipinski definition) is 5. The van der Waals surface area contributed by atoms with Gasteiger partial charge in [-0.05, 0) is 12.5 Å². The highest BCUT2D eigenvalue weighted by Gasteiger charge is 2.07. The number of nitrogens with zero attached hydrogens (tertiary/aromatic N) is 4. The molecule has 0 spiro atoms. The molecule has 0 aliphatic heterocycles. The number of anilines is 1. The van der Waals surface area contributed by atoms with Crippen LogP contribution in [-0.2, 0) is 20.0 Å². The highest BCUT2D eigenvalue weighted by Crippen LogP contribution is 2.05. The number of aromatic nitrogens is 4. The lowest BCUT2D eigenvalue weighted by atomic mass is 10.3. The van der Waals surface area contributed by atoms with Gasteiger partial charge in [0.1, 0.15) is 0 Å². The molecule has 108 valence electrons. The van der Waals surface area contributed by atoms with Crippen molar-refractivity contribution in [1.82, 2.24) is 19.6 Å². The van der Waals surface area contributed by atoms with E-state index in [1.165, 1.54) is 10.7 Å². The van der Waals surface area contributed by atoms with E-state index in [-0.39, 0.29) is 5.56 Å². The molecule has 0 atom stereocenters. The molecule has 20 heavy (non-hydrogen) atoms. The summed E-state index contributed by atoms with van der Waals surface area (Å²) in [5.74, 6) is 0. The Morgan fingerprint density at radius 3 is 2.80 bits per heavy atom. The molecule has 0 saturated carbocycles. The van der Waals surface area contributed by atoms with Crippen LogP contribution in [0.1, 0.15) is 18.3 Å². The van der Waals surface area contributed by atoms with Gasteiger partial charge in [-0.25, -0.2) is 4.68 Å². The molecule has 0 aliphatic carbocycles. The van der Waals surface area contributed by atoms with Crippen LogP contribution in [-0.4, -0.2) is 32.7 Å². The molecule has 0 fully saturated rings. The zero-order chi connectivity index (χ0) is 14.5. The summed E-state index contributed by atoms with van der Waals surface area (Å²) in [4.78, 5) is 12.0. The fraction of sp³-hybridized carbons (Fsp3) is 0.462. The molecule has 2 heterocycles. The first kappa shape index (κ1) is 14.3.